The molecule has 0 spiro atoms. The monoisotopic (exact) mass is 267 g/mol. The van der Waals surface area contributed by atoms with E-state index in [9.17, 15) is 0 Å². The Morgan fingerprint density at radius 1 is 1.22 bits per heavy atom. The Kier molecular flexibility index (Phi) is 6.37. The van der Waals surface area contributed by atoms with Crippen LogP contribution in [0.4, 0.5) is 0 Å². The van der Waals surface area contributed by atoms with Crippen LogP contribution in [0.5, 0.6) is 0 Å². The summed E-state index contributed by atoms with van der Waals surface area (Å²) >= 11 is 1.88. The van der Waals surface area contributed by atoms with Gasteiger partial charge in [0.15, 0.2) is 0 Å². The Hall–Kier alpha value is -0.340. The van der Waals surface area contributed by atoms with Crippen LogP contribution in [-0.4, -0.2) is 13.1 Å². The van der Waals surface area contributed by atoms with Gasteiger partial charge >= 0.3 is 0 Å². The molecule has 0 aliphatic carbocycles. The molecule has 1 unspecified atom stereocenters. The average molecular weight is 267 g/mol. The summed E-state index contributed by atoms with van der Waals surface area (Å²) in [6.45, 7) is 13.9. The van der Waals surface area contributed by atoms with Crippen LogP contribution in [0, 0.1) is 17.3 Å². The highest BCUT2D eigenvalue weighted by atomic mass is 32.1. The lowest BCUT2D eigenvalue weighted by Crippen LogP contribution is -2.33. The predicted octanol–water partition coefficient (Wildman–Crippen LogP) is 4.59. The predicted molar refractivity (Wildman–Crippen MR) is 83.3 cm³/mol. The van der Waals surface area contributed by atoms with E-state index >= 15 is 0 Å². The molecule has 1 aromatic rings. The van der Waals surface area contributed by atoms with Crippen LogP contribution in [0.25, 0.3) is 0 Å². The van der Waals surface area contributed by atoms with Gasteiger partial charge in [-0.1, -0.05) is 40.7 Å². The molecule has 0 saturated heterocycles. The van der Waals surface area contributed by atoms with E-state index in [1.165, 1.54) is 17.7 Å². The molecular weight excluding hydrogens is 238 g/mol. The normalized spacial score (nSPS) is 14.1. The molecule has 0 radical (unpaired) electrons. The summed E-state index contributed by atoms with van der Waals surface area (Å²) in [6.07, 6.45) is 2.51. The van der Waals surface area contributed by atoms with Gasteiger partial charge in [-0.15, -0.1) is 11.3 Å². The second-order valence-corrected chi connectivity index (χ2v) is 7.77. The molecule has 1 atom stereocenters. The van der Waals surface area contributed by atoms with Gasteiger partial charge in [0.1, 0.15) is 0 Å². The van der Waals surface area contributed by atoms with Crippen molar-refractivity contribution in [2.24, 2.45) is 17.3 Å². The number of hydrogen-bond acceptors (Lipinski definition) is 2. The Labute approximate surface area is 117 Å². The summed E-state index contributed by atoms with van der Waals surface area (Å²) in [6, 6.07) is 4.41. The van der Waals surface area contributed by atoms with E-state index in [0.717, 1.165) is 24.9 Å². The lowest BCUT2D eigenvalue weighted by Gasteiger charge is -2.31. The molecule has 18 heavy (non-hydrogen) atoms. The summed E-state index contributed by atoms with van der Waals surface area (Å²) < 4.78 is 0. The maximum atomic E-state index is 3.62. The highest BCUT2D eigenvalue weighted by molar-refractivity contribution is 7.09. The quantitative estimate of drug-likeness (QED) is 0.762. The molecule has 0 fully saturated rings. The van der Waals surface area contributed by atoms with Crippen LogP contribution in [0.3, 0.4) is 0 Å². The third-order valence-corrected chi connectivity index (χ3v) is 4.42. The molecule has 0 bridgehead atoms. The topological polar surface area (TPSA) is 12.0 Å². The minimum atomic E-state index is 0.390. The van der Waals surface area contributed by atoms with Gasteiger partial charge in [-0.05, 0) is 54.6 Å². The van der Waals surface area contributed by atoms with Crippen molar-refractivity contribution in [2.45, 2.75) is 47.5 Å². The third-order valence-electron chi connectivity index (χ3n) is 3.49. The first-order chi connectivity index (χ1) is 8.39. The van der Waals surface area contributed by atoms with Crippen molar-refractivity contribution >= 4 is 11.3 Å². The molecule has 1 N–H and O–H groups in total. The first-order valence-electron chi connectivity index (χ1n) is 7.12. The van der Waals surface area contributed by atoms with Crippen LogP contribution < -0.4 is 5.32 Å². The van der Waals surface area contributed by atoms with E-state index in [1.54, 1.807) is 0 Å². The van der Waals surface area contributed by atoms with Gasteiger partial charge in [-0.2, -0.15) is 0 Å². The smallest absolute Gasteiger partial charge is 0.00453 e. The Bertz CT molecular complexity index is 308. The van der Waals surface area contributed by atoms with Crippen LogP contribution >= 0.6 is 11.3 Å². The summed E-state index contributed by atoms with van der Waals surface area (Å²) in [4.78, 5) is 1.52. The molecule has 0 saturated carbocycles. The molecule has 0 amide bonds. The molecule has 1 heterocycles. The first-order valence-corrected chi connectivity index (χ1v) is 8.00. The van der Waals surface area contributed by atoms with E-state index in [-0.39, 0.29) is 0 Å². The fourth-order valence-corrected chi connectivity index (χ4v) is 2.88. The Morgan fingerprint density at radius 2 is 1.94 bits per heavy atom. The Morgan fingerprint density at radius 3 is 2.44 bits per heavy atom. The first kappa shape index (κ1) is 15.7. The second-order valence-electron chi connectivity index (χ2n) is 6.73. The molecule has 104 valence electrons. The number of hydrogen-bond donors (Lipinski definition) is 1. The molecule has 1 aromatic heterocycles. The van der Waals surface area contributed by atoms with E-state index in [4.69, 9.17) is 0 Å². The van der Waals surface area contributed by atoms with Crippen molar-refractivity contribution in [1.82, 2.24) is 5.32 Å². The number of rotatable bonds is 7. The van der Waals surface area contributed by atoms with Crippen molar-refractivity contribution in [3.8, 4) is 0 Å². The molecular formula is C16H29NS. The summed E-state index contributed by atoms with van der Waals surface area (Å²) in [5.74, 6) is 1.49. The van der Waals surface area contributed by atoms with Crippen LogP contribution in [0.1, 0.15) is 45.9 Å². The van der Waals surface area contributed by atoms with Gasteiger partial charge in [0.05, 0.1) is 0 Å². The fourth-order valence-electron chi connectivity index (χ4n) is 2.16. The number of thiophene rings is 1. The molecule has 0 aliphatic rings. The molecule has 1 nitrogen and oxygen atoms in total. The van der Waals surface area contributed by atoms with E-state index in [2.05, 4.69) is 57.4 Å². The zero-order valence-corrected chi connectivity index (χ0v) is 13.4. The molecule has 0 aliphatic heterocycles. The fraction of sp³-hybridized carbons (Fsp3) is 0.750. The van der Waals surface area contributed by atoms with Crippen LogP contribution in [-0.2, 0) is 6.42 Å². The van der Waals surface area contributed by atoms with Gasteiger partial charge in [-0.3, -0.25) is 0 Å². The number of aryl methyl sites for hydroxylation is 1. The summed E-state index contributed by atoms with van der Waals surface area (Å²) in [5, 5.41) is 5.80. The van der Waals surface area contributed by atoms with Crippen molar-refractivity contribution in [2.75, 3.05) is 13.1 Å². The molecule has 0 aromatic carbocycles. The van der Waals surface area contributed by atoms with E-state index < -0.39 is 0 Å². The van der Waals surface area contributed by atoms with Crippen molar-refractivity contribution in [1.29, 1.82) is 0 Å². The maximum absolute atomic E-state index is 3.62. The highest BCUT2D eigenvalue weighted by Crippen LogP contribution is 2.30. The zero-order valence-electron chi connectivity index (χ0n) is 12.6. The molecule has 1 rings (SSSR count). The molecule has 2 heteroatoms. The average Bonchev–Trinajstić information content (AvgIpc) is 2.73. The van der Waals surface area contributed by atoms with Crippen LogP contribution in [0.15, 0.2) is 17.5 Å². The highest BCUT2D eigenvalue weighted by Gasteiger charge is 2.24. The van der Waals surface area contributed by atoms with Gasteiger partial charge < -0.3 is 5.32 Å². The van der Waals surface area contributed by atoms with E-state index in [1.807, 2.05) is 11.3 Å². The van der Waals surface area contributed by atoms with Gasteiger partial charge in [0, 0.05) is 4.88 Å². The minimum absolute atomic E-state index is 0.390. The summed E-state index contributed by atoms with van der Waals surface area (Å²) in [5.41, 5.74) is 0.390. The summed E-state index contributed by atoms with van der Waals surface area (Å²) in [7, 11) is 0. The lowest BCUT2D eigenvalue weighted by molar-refractivity contribution is 0.217. The van der Waals surface area contributed by atoms with Crippen molar-refractivity contribution < 1.29 is 0 Å². The van der Waals surface area contributed by atoms with Crippen molar-refractivity contribution in [3.05, 3.63) is 22.4 Å². The largest absolute Gasteiger partial charge is 0.316 e. The lowest BCUT2D eigenvalue weighted by atomic mass is 9.78. The van der Waals surface area contributed by atoms with Gasteiger partial charge in [0.25, 0.3) is 0 Å². The second kappa shape index (κ2) is 7.30. The Balaban J connectivity index is 2.41. The van der Waals surface area contributed by atoms with Crippen molar-refractivity contribution in [3.63, 3.8) is 0 Å². The third kappa shape index (κ3) is 6.01. The van der Waals surface area contributed by atoms with Crippen LogP contribution in [0.2, 0.25) is 0 Å². The standard InChI is InChI=1S/C16H29NS/c1-13(2)11-17-12-14(16(3,4)5)8-9-15-7-6-10-18-15/h6-7,10,13-14,17H,8-9,11-12H2,1-5H3. The SMILES string of the molecule is CC(C)CNCC(CCc1cccs1)C(C)(C)C. The van der Waals surface area contributed by atoms with Gasteiger partial charge in [-0.25, -0.2) is 0 Å². The number of nitrogens with one attached hydrogen (secondary N) is 1. The zero-order chi connectivity index (χ0) is 13.6. The van der Waals surface area contributed by atoms with E-state index in [0.29, 0.717) is 5.41 Å². The maximum Gasteiger partial charge on any atom is 0.00453 e. The minimum Gasteiger partial charge on any atom is -0.316 e. The van der Waals surface area contributed by atoms with Gasteiger partial charge in [0.2, 0.25) is 0 Å².